The molecule has 2 aromatic rings. The Labute approximate surface area is 190 Å². The van der Waals surface area contributed by atoms with Gasteiger partial charge in [-0.2, -0.15) is 0 Å². The summed E-state index contributed by atoms with van der Waals surface area (Å²) >= 11 is 12.0. The molecular formula is C25H31Cl2NO2. The van der Waals surface area contributed by atoms with E-state index in [9.17, 15) is 9.59 Å². The van der Waals surface area contributed by atoms with Crippen molar-refractivity contribution in [3.63, 3.8) is 0 Å². The fraction of sp³-hybridized carbons (Fsp3) is 0.440. The van der Waals surface area contributed by atoms with Crippen molar-refractivity contribution >= 4 is 40.6 Å². The van der Waals surface area contributed by atoms with Gasteiger partial charge in [0.1, 0.15) is 11.9 Å². The van der Waals surface area contributed by atoms with Gasteiger partial charge in [-0.15, -0.1) is 11.6 Å². The van der Waals surface area contributed by atoms with Gasteiger partial charge in [-0.05, 0) is 47.7 Å². The first kappa shape index (κ1) is 24.4. The summed E-state index contributed by atoms with van der Waals surface area (Å²) in [6, 6.07) is 14.2. The minimum Gasteiger partial charge on any atom is -0.297 e. The van der Waals surface area contributed by atoms with Crippen molar-refractivity contribution < 1.29 is 9.59 Å². The molecule has 0 aliphatic rings. The molecule has 2 rings (SSSR count). The lowest BCUT2D eigenvalue weighted by atomic mass is 9.95. The highest BCUT2D eigenvalue weighted by Crippen LogP contribution is 2.32. The van der Waals surface area contributed by atoms with Crippen LogP contribution >= 0.6 is 23.2 Å². The standard InChI is InChI=1S/C25H31Cl2NO2/c1-4-5-6-7-8-23(29)25(20-9-13-21(27)14-10-20)28(24(30)17-26)22-15-11-19(12-16-22)18(2)3/h9-16,18,25H,4-8,17H2,1-3H3. The van der Waals surface area contributed by atoms with Crippen LogP contribution in [-0.4, -0.2) is 17.6 Å². The molecule has 0 saturated heterocycles. The summed E-state index contributed by atoms with van der Waals surface area (Å²) in [6.07, 6.45) is 4.44. The predicted molar refractivity (Wildman–Crippen MR) is 127 cm³/mol. The zero-order valence-electron chi connectivity index (χ0n) is 18.0. The van der Waals surface area contributed by atoms with E-state index in [2.05, 4.69) is 20.8 Å². The predicted octanol–water partition coefficient (Wildman–Crippen LogP) is 7.32. The molecule has 0 bridgehead atoms. The number of amides is 1. The van der Waals surface area contributed by atoms with Crippen molar-refractivity contribution in [3.05, 3.63) is 64.7 Å². The van der Waals surface area contributed by atoms with Crippen LogP contribution in [0.5, 0.6) is 0 Å². The number of unbranched alkanes of at least 4 members (excludes halogenated alkanes) is 3. The van der Waals surface area contributed by atoms with Crippen LogP contribution in [0.4, 0.5) is 5.69 Å². The van der Waals surface area contributed by atoms with E-state index in [0.717, 1.165) is 31.2 Å². The summed E-state index contributed by atoms with van der Waals surface area (Å²) in [5, 5.41) is 0.587. The van der Waals surface area contributed by atoms with E-state index in [4.69, 9.17) is 23.2 Å². The average Bonchev–Trinajstić information content (AvgIpc) is 2.75. The maximum absolute atomic E-state index is 13.3. The largest absolute Gasteiger partial charge is 0.297 e. The van der Waals surface area contributed by atoms with E-state index >= 15 is 0 Å². The van der Waals surface area contributed by atoms with Gasteiger partial charge in [0.25, 0.3) is 0 Å². The molecule has 0 radical (unpaired) electrons. The molecule has 0 aliphatic heterocycles. The van der Waals surface area contributed by atoms with Crippen molar-refractivity contribution in [1.29, 1.82) is 0 Å². The van der Waals surface area contributed by atoms with E-state index in [0.29, 0.717) is 23.0 Å². The van der Waals surface area contributed by atoms with Gasteiger partial charge < -0.3 is 0 Å². The second kappa shape index (κ2) is 12.1. The highest BCUT2D eigenvalue weighted by Gasteiger charge is 2.31. The van der Waals surface area contributed by atoms with E-state index < -0.39 is 6.04 Å². The van der Waals surface area contributed by atoms with Crippen molar-refractivity contribution in [2.24, 2.45) is 0 Å². The number of alkyl halides is 1. The van der Waals surface area contributed by atoms with Crippen LogP contribution in [0, 0.1) is 0 Å². The van der Waals surface area contributed by atoms with Crippen LogP contribution in [-0.2, 0) is 9.59 Å². The summed E-state index contributed by atoms with van der Waals surface area (Å²) in [5.41, 5.74) is 2.59. The van der Waals surface area contributed by atoms with Crippen LogP contribution in [0.15, 0.2) is 48.5 Å². The summed E-state index contributed by atoms with van der Waals surface area (Å²) < 4.78 is 0. The average molecular weight is 448 g/mol. The molecule has 5 heteroatoms. The van der Waals surface area contributed by atoms with Gasteiger partial charge in [0.15, 0.2) is 5.78 Å². The topological polar surface area (TPSA) is 37.4 Å². The molecular weight excluding hydrogens is 417 g/mol. The SMILES string of the molecule is CCCCCCC(=O)C(c1ccc(Cl)cc1)N(C(=O)CCl)c1ccc(C(C)C)cc1. The molecule has 30 heavy (non-hydrogen) atoms. The Hall–Kier alpha value is -1.84. The molecule has 162 valence electrons. The number of ketones is 1. The smallest absolute Gasteiger partial charge is 0.242 e. The maximum Gasteiger partial charge on any atom is 0.242 e. The number of nitrogens with zero attached hydrogens (tertiary/aromatic N) is 1. The monoisotopic (exact) mass is 447 g/mol. The zero-order valence-corrected chi connectivity index (χ0v) is 19.5. The van der Waals surface area contributed by atoms with Gasteiger partial charge in [-0.3, -0.25) is 14.5 Å². The molecule has 0 saturated carbocycles. The van der Waals surface area contributed by atoms with Gasteiger partial charge >= 0.3 is 0 Å². The van der Waals surface area contributed by atoms with Gasteiger partial charge in [-0.1, -0.05) is 75.9 Å². The summed E-state index contributed by atoms with van der Waals surface area (Å²) in [4.78, 5) is 27.8. The quantitative estimate of drug-likeness (QED) is 0.267. The van der Waals surface area contributed by atoms with Crippen LogP contribution in [0.25, 0.3) is 0 Å². The number of carbonyl (C=O) groups excluding carboxylic acids is 2. The van der Waals surface area contributed by atoms with Crippen LogP contribution in [0.3, 0.4) is 0 Å². The highest BCUT2D eigenvalue weighted by atomic mass is 35.5. The molecule has 0 heterocycles. The van der Waals surface area contributed by atoms with E-state index in [1.54, 1.807) is 17.0 Å². The maximum atomic E-state index is 13.3. The minimum atomic E-state index is -0.722. The number of anilines is 1. The van der Waals surface area contributed by atoms with Gasteiger partial charge in [0.05, 0.1) is 0 Å². The van der Waals surface area contributed by atoms with Gasteiger partial charge in [0, 0.05) is 17.1 Å². The molecule has 1 unspecified atom stereocenters. The van der Waals surface area contributed by atoms with E-state index in [1.165, 1.54) is 5.56 Å². The Morgan fingerprint density at radius 3 is 2.03 bits per heavy atom. The Morgan fingerprint density at radius 1 is 0.900 bits per heavy atom. The second-order valence-corrected chi connectivity index (χ2v) is 8.58. The summed E-state index contributed by atoms with van der Waals surface area (Å²) in [5.74, 6) is -0.0989. The lowest BCUT2D eigenvalue weighted by molar-refractivity contribution is -0.124. The molecule has 2 aromatic carbocycles. The van der Waals surface area contributed by atoms with E-state index in [-0.39, 0.29) is 17.6 Å². The molecule has 0 fully saturated rings. The van der Waals surface area contributed by atoms with Crippen LogP contribution < -0.4 is 4.90 Å². The molecule has 1 amide bonds. The Bertz CT molecular complexity index is 816. The number of benzene rings is 2. The first-order valence-corrected chi connectivity index (χ1v) is 11.6. The second-order valence-electron chi connectivity index (χ2n) is 7.87. The van der Waals surface area contributed by atoms with Crippen LogP contribution in [0.2, 0.25) is 5.02 Å². The Kier molecular flexibility index (Phi) is 9.87. The summed E-state index contributed by atoms with van der Waals surface area (Å²) in [7, 11) is 0. The molecule has 3 nitrogen and oxygen atoms in total. The fourth-order valence-corrected chi connectivity index (χ4v) is 3.76. The number of Topliss-reactive ketones (excluding diaryl/α,β-unsaturated/α-hetero) is 1. The van der Waals surface area contributed by atoms with Crippen molar-refractivity contribution in [2.45, 2.75) is 64.8 Å². The zero-order chi connectivity index (χ0) is 22.1. The van der Waals surface area contributed by atoms with Crippen molar-refractivity contribution in [1.82, 2.24) is 0 Å². The number of halogens is 2. The fourth-order valence-electron chi connectivity index (χ4n) is 3.51. The Balaban J connectivity index is 2.44. The third kappa shape index (κ3) is 6.58. The lowest BCUT2D eigenvalue weighted by Crippen LogP contribution is -2.40. The third-order valence-corrected chi connectivity index (χ3v) is 5.73. The molecule has 0 aromatic heterocycles. The molecule has 0 aliphatic carbocycles. The lowest BCUT2D eigenvalue weighted by Gasteiger charge is -2.31. The van der Waals surface area contributed by atoms with Gasteiger partial charge in [0.2, 0.25) is 5.91 Å². The molecule has 0 N–H and O–H groups in total. The third-order valence-electron chi connectivity index (χ3n) is 5.25. The van der Waals surface area contributed by atoms with E-state index in [1.807, 2.05) is 36.4 Å². The normalized spacial score (nSPS) is 12.1. The first-order chi connectivity index (χ1) is 14.4. The number of rotatable bonds is 11. The number of hydrogen-bond donors (Lipinski definition) is 0. The molecule has 1 atom stereocenters. The molecule has 0 spiro atoms. The van der Waals surface area contributed by atoms with Crippen LogP contribution in [0.1, 0.15) is 76.0 Å². The number of carbonyl (C=O) groups is 2. The minimum absolute atomic E-state index is 0.0137. The highest BCUT2D eigenvalue weighted by molar-refractivity contribution is 6.30. The Morgan fingerprint density at radius 2 is 1.50 bits per heavy atom. The van der Waals surface area contributed by atoms with Gasteiger partial charge in [-0.25, -0.2) is 0 Å². The van der Waals surface area contributed by atoms with Crippen molar-refractivity contribution in [3.8, 4) is 0 Å². The first-order valence-electron chi connectivity index (χ1n) is 10.6. The number of hydrogen-bond acceptors (Lipinski definition) is 2. The van der Waals surface area contributed by atoms with Crippen molar-refractivity contribution in [2.75, 3.05) is 10.8 Å². The summed E-state index contributed by atoms with van der Waals surface area (Å²) in [6.45, 7) is 6.38.